The van der Waals surface area contributed by atoms with Crippen LogP contribution in [0, 0.1) is 10.1 Å². The lowest BCUT2D eigenvalue weighted by Gasteiger charge is -2.28. The Morgan fingerprint density at radius 1 is 1.23 bits per heavy atom. The summed E-state index contributed by atoms with van der Waals surface area (Å²) in [7, 11) is 1.26. The number of allylic oxidation sites excluding steroid dienone is 1. The lowest BCUT2D eigenvalue weighted by Crippen LogP contribution is -2.45. The van der Waals surface area contributed by atoms with Crippen LogP contribution in [0.1, 0.15) is 31.2 Å². The zero-order valence-electron chi connectivity index (χ0n) is 23.3. The van der Waals surface area contributed by atoms with Crippen LogP contribution in [0.15, 0.2) is 69.3 Å². The molecule has 2 aromatic carbocycles. The number of ether oxygens (including phenoxy) is 3. The van der Waals surface area contributed by atoms with Gasteiger partial charge in [0, 0.05) is 23.4 Å². The molecule has 4 rings (SSSR count). The fourth-order valence-corrected chi connectivity index (χ4v) is 4.46. The minimum absolute atomic E-state index is 0.137. The molecule has 0 saturated carbocycles. The summed E-state index contributed by atoms with van der Waals surface area (Å²) in [6.45, 7) is 3.48. The summed E-state index contributed by atoms with van der Waals surface area (Å²) >= 11 is 6.16. The number of methoxy groups -OCH3 is 1. The number of hydrazone groups is 1. The summed E-state index contributed by atoms with van der Waals surface area (Å²) in [6, 6.07) is 10.9. The highest BCUT2D eigenvalue weighted by molar-refractivity contribution is 6.33. The first-order valence-corrected chi connectivity index (χ1v) is 13.3. The van der Waals surface area contributed by atoms with E-state index < -0.39 is 29.2 Å². The second-order valence-electron chi connectivity index (χ2n) is 9.04. The van der Waals surface area contributed by atoms with Gasteiger partial charge in [-0.3, -0.25) is 15.5 Å². The first kappa shape index (κ1) is 30.9. The minimum atomic E-state index is -1.22. The molecule has 226 valence electrons. The van der Waals surface area contributed by atoms with Crippen molar-refractivity contribution in [3.63, 3.8) is 0 Å². The van der Waals surface area contributed by atoms with Crippen LogP contribution in [0.25, 0.3) is 11.3 Å². The van der Waals surface area contributed by atoms with Gasteiger partial charge in [-0.2, -0.15) is 5.10 Å². The average molecular weight is 614 g/mol. The quantitative estimate of drug-likeness (QED) is 0.0763. The van der Waals surface area contributed by atoms with E-state index in [0.717, 1.165) is 0 Å². The molecule has 1 aliphatic rings. The number of non-ortho nitro benzene ring substituents is 1. The van der Waals surface area contributed by atoms with Crippen LogP contribution in [0.3, 0.4) is 0 Å². The summed E-state index contributed by atoms with van der Waals surface area (Å²) in [4.78, 5) is 34.9. The van der Waals surface area contributed by atoms with E-state index in [4.69, 9.17) is 30.2 Å². The molecule has 0 unspecified atom stereocenters. The number of esters is 1. The Kier molecular flexibility index (Phi) is 9.85. The van der Waals surface area contributed by atoms with Gasteiger partial charge in [-0.05, 0) is 49.7 Å². The summed E-state index contributed by atoms with van der Waals surface area (Å²) in [6.07, 6.45) is 0.109. The minimum Gasteiger partial charge on any atom is -0.490 e. The maximum atomic E-state index is 12.4. The molecule has 3 aromatic rings. The van der Waals surface area contributed by atoms with Gasteiger partial charge in [0.1, 0.15) is 18.1 Å². The standard InChI is InChI=1S/C28H28ClN5O9/c1-4-41-23-11-16(26-25(27(36)40-3)15(2)31-28(37)32-26)5-9-22(23)42-14-24(35)33-30-13-18-7-10-21(43-18)19-8-6-17(34(38)39)12-20(19)29/h5-13,24,26,33,35H,4,14H2,1-3H3,(H2,31,32,37)/b30-13-/t24-,26+/m1/s1. The SMILES string of the molecule is CCOc1cc([C@@H]2NC(=O)NC(C)=C2C(=O)OC)ccc1OC[C@@H](O)N/N=C\c1ccc(-c2ccc([N+](=O)[O-])cc2Cl)o1. The number of nitro benzene ring substituents is 1. The van der Waals surface area contributed by atoms with Crippen LogP contribution < -0.4 is 25.5 Å². The first-order valence-electron chi connectivity index (χ1n) is 12.9. The number of rotatable bonds is 12. The summed E-state index contributed by atoms with van der Waals surface area (Å²) in [5.41, 5.74) is 4.02. The smallest absolute Gasteiger partial charge is 0.337 e. The number of hydrogen-bond donors (Lipinski definition) is 4. The van der Waals surface area contributed by atoms with Crippen LogP contribution in [0.4, 0.5) is 10.5 Å². The number of nitrogens with zero attached hydrogens (tertiary/aromatic N) is 2. The van der Waals surface area contributed by atoms with Crippen molar-refractivity contribution >= 4 is 35.5 Å². The predicted octanol–water partition coefficient (Wildman–Crippen LogP) is 4.03. The maximum Gasteiger partial charge on any atom is 0.337 e. The normalized spacial score (nSPS) is 15.5. The van der Waals surface area contributed by atoms with Gasteiger partial charge in [-0.1, -0.05) is 17.7 Å². The lowest BCUT2D eigenvalue weighted by molar-refractivity contribution is -0.384. The van der Waals surface area contributed by atoms with Crippen LogP contribution >= 0.6 is 11.6 Å². The zero-order chi connectivity index (χ0) is 31.1. The number of benzene rings is 2. The third-order valence-electron chi connectivity index (χ3n) is 6.14. The second-order valence-corrected chi connectivity index (χ2v) is 9.45. The van der Waals surface area contributed by atoms with E-state index in [9.17, 15) is 24.8 Å². The Labute approximate surface area is 250 Å². The van der Waals surface area contributed by atoms with Crippen molar-refractivity contribution in [2.45, 2.75) is 26.1 Å². The fourth-order valence-electron chi connectivity index (χ4n) is 4.19. The number of nitrogens with one attached hydrogen (secondary N) is 3. The van der Waals surface area contributed by atoms with Crippen molar-refractivity contribution < 1.29 is 38.2 Å². The van der Waals surface area contributed by atoms with Gasteiger partial charge in [0.2, 0.25) is 0 Å². The highest BCUT2D eigenvalue weighted by Crippen LogP contribution is 2.35. The Bertz CT molecular complexity index is 1590. The van der Waals surface area contributed by atoms with Gasteiger partial charge in [0.15, 0.2) is 17.7 Å². The molecule has 4 N–H and O–H groups in total. The molecule has 2 atom stereocenters. The molecule has 0 spiro atoms. The number of furan rings is 1. The Balaban J connectivity index is 1.39. The molecule has 1 aliphatic heterocycles. The molecule has 0 saturated heterocycles. The average Bonchev–Trinajstić information content (AvgIpc) is 3.44. The number of amides is 2. The van der Waals surface area contributed by atoms with Crippen LogP contribution in [-0.2, 0) is 9.53 Å². The number of hydrogen-bond acceptors (Lipinski definition) is 11. The molecule has 43 heavy (non-hydrogen) atoms. The van der Waals surface area contributed by atoms with Crippen LogP contribution in [-0.4, -0.2) is 54.8 Å². The molecule has 0 aliphatic carbocycles. The van der Waals surface area contributed by atoms with E-state index in [1.807, 2.05) is 0 Å². The molecule has 15 heteroatoms. The lowest BCUT2D eigenvalue weighted by atomic mass is 9.95. The third kappa shape index (κ3) is 7.42. The summed E-state index contributed by atoms with van der Waals surface area (Å²) < 4.78 is 22.0. The van der Waals surface area contributed by atoms with Crippen molar-refractivity contribution in [1.82, 2.24) is 16.1 Å². The predicted molar refractivity (Wildman–Crippen MR) is 155 cm³/mol. The maximum absolute atomic E-state index is 12.4. The third-order valence-corrected chi connectivity index (χ3v) is 6.46. The number of urea groups is 1. The van der Waals surface area contributed by atoms with Crippen molar-refractivity contribution in [1.29, 1.82) is 0 Å². The van der Waals surface area contributed by atoms with E-state index >= 15 is 0 Å². The summed E-state index contributed by atoms with van der Waals surface area (Å²) in [5, 5.41) is 30.6. The van der Waals surface area contributed by atoms with Crippen molar-refractivity contribution in [2.75, 3.05) is 20.3 Å². The topological polar surface area (TPSA) is 187 Å². The number of aliphatic hydroxyl groups is 1. The highest BCUT2D eigenvalue weighted by Gasteiger charge is 2.32. The van der Waals surface area contributed by atoms with Gasteiger partial charge in [0.25, 0.3) is 5.69 Å². The van der Waals surface area contributed by atoms with Gasteiger partial charge in [-0.25, -0.2) is 9.59 Å². The molecular formula is C28H28ClN5O9. The van der Waals surface area contributed by atoms with Gasteiger partial charge in [-0.15, -0.1) is 0 Å². The van der Waals surface area contributed by atoms with E-state index in [1.54, 1.807) is 44.2 Å². The number of halogens is 1. The van der Waals surface area contributed by atoms with Crippen LogP contribution in [0.5, 0.6) is 11.5 Å². The summed E-state index contributed by atoms with van der Waals surface area (Å²) in [5.74, 6) is 0.763. The number of nitro groups is 1. The second kappa shape index (κ2) is 13.7. The van der Waals surface area contributed by atoms with E-state index in [0.29, 0.717) is 46.5 Å². The van der Waals surface area contributed by atoms with Crippen LogP contribution in [0.2, 0.25) is 5.02 Å². The molecule has 2 amide bonds. The number of carbonyl (C=O) groups is 2. The Morgan fingerprint density at radius 3 is 2.72 bits per heavy atom. The molecule has 14 nitrogen and oxygen atoms in total. The zero-order valence-corrected chi connectivity index (χ0v) is 24.0. The van der Waals surface area contributed by atoms with Gasteiger partial charge < -0.3 is 34.4 Å². The fraction of sp³-hybridized carbons (Fsp3) is 0.250. The van der Waals surface area contributed by atoms with E-state index in [2.05, 4.69) is 21.2 Å². The van der Waals surface area contributed by atoms with Gasteiger partial charge in [0.05, 0.1) is 41.5 Å². The molecule has 0 fully saturated rings. The Hall–Kier alpha value is -5.08. The largest absolute Gasteiger partial charge is 0.490 e. The molecule has 0 bridgehead atoms. The monoisotopic (exact) mass is 613 g/mol. The molecule has 1 aromatic heterocycles. The first-order chi connectivity index (χ1) is 20.6. The molecule has 2 heterocycles. The highest BCUT2D eigenvalue weighted by atomic mass is 35.5. The molecular weight excluding hydrogens is 586 g/mol. The van der Waals surface area contributed by atoms with Crippen molar-refractivity contribution in [3.8, 4) is 22.8 Å². The van der Waals surface area contributed by atoms with Crippen molar-refractivity contribution in [3.05, 3.63) is 86.3 Å². The number of aliphatic hydroxyl groups excluding tert-OH is 1. The van der Waals surface area contributed by atoms with Crippen molar-refractivity contribution in [2.24, 2.45) is 5.10 Å². The molecule has 0 radical (unpaired) electrons. The Morgan fingerprint density at radius 2 is 2.02 bits per heavy atom. The van der Waals surface area contributed by atoms with E-state index in [-0.39, 0.29) is 22.9 Å². The van der Waals surface area contributed by atoms with Gasteiger partial charge >= 0.3 is 12.0 Å². The van der Waals surface area contributed by atoms with E-state index in [1.165, 1.54) is 31.5 Å². The number of carbonyl (C=O) groups excluding carboxylic acids is 2.